The third-order valence-electron chi connectivity index (χ3n) is 8.05. The lowest BCUT2D eigenvalue weighted by molar-refractivity contribution is -0.901. The summed E-state index contributed by atoms with van der Waals surface area (Å²) in [6.45, 7) is 2.98. The molecule has 2 atom stereocenters. The van der Waals surface area contributed by atoms with Crippen molar-refractivity contribution in [3.8, 4) is 5.88 Å². The van der Waals surface area contributed by atoms with Crippen LogP contribution in [0.15, 0.2) is 78.4 Å². The zero-order valence-electron chi connectivity index (χ0n) is 25.3. The standard InChI is InChI=1S/C34H41N3O5/c1-6-7-16-26-22-25-15-11-12-17-27(25)31(36-26)42-21-20-37(2,3)30(32(38)40-4)28-18-19-34(41-5,33(35)39)23-29(28)24-13-9-8-10-14-24/h8-15,17-18,22-23,30H,6-7,16,19-21H2,1-5H3,(H-,35,39)/p+1/t30?,34-/m1/s1. The van der Waals surface area contributed by atoms with Gasteiger partial charge >= 0.3 is 5.97 Å². The molecule has 0 fully saturated rings. The molecule has 4 rings (SSSR count). The number of pyridine rings is 1. The summed E-state index contributed by atoms with van der Waals surface area (Å²) >= 11 is 0. The van der Waals surface area contributed by atoms with Crippen molar-refractivity contribution in [3.05, 3.63) is 89.6 Å². The number of unbranched alkanes of at least 4 members (excludes halogenated alkanes) is 1. The number of carbonyl (C=O) groups is 2. The average molecular weight is 573 g/mol. The molecule has 3 aromatic rings. The van der Waals surface area contributed by atoms with Crippen LogP contribution in [-0.4, -0.2) is 74.5 Å². The predicted octanol–water partition coefficient (Wildman–Crippen LogP) is 4.86. The third kappa shape index (κ3) is 6.55. The molecular weight excluding hydrogens is 530 g/mol. The molecule has 0 saturated carbocycles. The summed E-state index contributed by atoms with van der Waals surface area (Å²) in [6, 6.07) is 19.1. The number of amides is 1. The van der Waals surface area contributed by atoms with E-state index in [0.717, 1.165) is 46.9 Å². The first-order chi connectivity index (χ1) is 20.2. The van der Waals surface area contributed by atoms with Crippen LogP contribution >= 0.6 is 0 Å². The fourth-order valence-electron chi connectivity index (χ4n) is 5.51. The second-order valence-corrected chi connectivity index (χ2v) is 11.3. The van der Waals surface area contributed by atoms with Gasteiger partial charge in [0.2, 0.25) is 11.9 Å². The molecular formula is C34H42N3O5+. The molecule has 8 nitrogen and oxygen atoms in total. The van der Waals surface area contributed by atoms with Crippen molar-refractivity contribution in [1.29, 1.82) is 0 Å². The highest BCUT2D eigenvalue weighted by Crippen LogP contribution is 2.39. The number of nitrogens with zero attached hydrogens (tertiary/aromatic N) is 2. The first-order valence-corrected chi connectivity index (χ1v) is 14.4. The molecule has 0 aliphatic heterocycles. The maximum atomic E-state index is 13.5. The highest BCUT2D eigenvalue weighted by molar-refractivity contribution is 5.96. The number of carbonyl (C=O) groups excluding carboxylic acids is 2. The summed E-state index contributed by atoms with van der Waals surface area (Å²) in [4.78, 5) is 30.8. The van der Waals surface area contributed by atoms with Gasteiger partial charge in [0.1, 0.15) is 13.2 Å². The number of primary amides is 1. The molecule has 8 heteroatoms. The highest BCUT2D eigenvalue weighted by atomic mass is 16.5. The summed E-state index contributed by atoms with van der Waals surface area (Å²) < 4.78 is 17.5. The molecule has 2 aromatic carbocycles. The molecule has 1 amide bonds. The number of hydrogen-bond acceptors (Lipinski definition) is 6. The molecule has 0 spiro atoms. The number of ether oxygens (including phenoxy) is 3. The Kier molecular flexibility index (Phi) is 9.81. The Hall–Kier alpha value is -4.01. The molecule has 1 unspecified atom stereocenters. The largest absolute Gasteiger partial charge is 0.471 e. The van der Waals surface area contributed by atoms with Gasteiger partial charge in [0, 0.05) is 30.2 Å². The van der Waals surface area contributed by atoms with Gasteiger partial charge in [-0.25, -0.2) is 9.78 Å². The van der Waals surface area contributed by atoms with Crippen molar-refractivity contribution in [2.24, 2.45) is 5.73 Å². The van der Waals surface area contributed by atoms with E-state index >= 15 is 0 Å². The summed E-state index contributed by atoms with van der Waals surface area (Å²) in [6.07, 6.45) is 6.86. The van der Waals surface area contributed by atoms with Crippen LogP contribution in [0.25, 0.3) is 16.3 Å². The number of benzene rings is 2. The van der Waals surface area contributed by atoms with Gasteiger partial charge in [0.25, 0.3) is 5.91 Å². The van der Waals surface area contributed by atoms with Gasteiger partial charge in [-0.2, -0.15) is 0 Å². The van der Waals surface area contributed by atoms with Crippen LogP contribution in [0, 0.1) is 0 Å². The minimum absolute atomic E-state index is 0.203. The van der Waals surface area contributed by atoms with Gasteiger partial charge < -0.3 is 24.4 Å². The number of hydrogen-bond donors (Lipinski definition) is 1. The summed E-state index contributed by atoms with van der Waals surface area (Å²) in [5, 5.41) is 2.05. The van der Waals surface area contributed by atoms with Crippen molar-refractivity contribution in [2.45, 2.75) is 44.2 Å². The maximum Gasteiger partial charge on any atom is 0.369 e. The average Bonchev–Trinajstić information content (AvgIpc) is 3.00. The molecule has 1 aliphatic rings. The molecule has 1 heterocycles. The Morgan fingerprint density at radius 3 is 2.45 bits per heavy atom. The normalized spacial score (nSPS) is 17.7. The molecule has 0 saturated heterocycles. The van der Waals surface area contributed by atoms with Gasteiger partial charge in [0.15, 0.2) is 5.60 Å². The lowest BCUT2D eigenvalue weighted by atomic mass is 9.80. The van der Waals surface area contributed by atoms with Crippen LogP contribution in [0.2, 0.25) is 0 Å². The predicted molar refractivity (Wildman–Crippen MR) is 165 cm³/mol. The first-order valence-electron chi connectivity index (χ1n) is 14.4. The van der Waals surface area contributed by atoms with Gasteiger partial charge in [0.05, 0.1) is 21.2 Å². The molecule has 0 radical (unpaired) electrons. The van der Waals surface area contributed by atoms with Crippen LogP contribution in [0.4, 0.5) is 0 Å². The molecule has 1 aliphatic carbocycles. The van der Waals surface area contributed by atoms with Gasteiger partial charge in [-0.15, -0.1) is 0 Å². The van der Waals surface area contributed by atoms with Crippen LogP contribution in [0.3, 0.4) is 0 Å². The second kappa shape index (κ2) is 13.3. The number of rotatable bonds is 13. The Bertz CT molecular complexity index is 1480. The van der Waals surface area contributed by atoms with Crippen molar-refractivity contribution >= 4 is 28.2 Å². The molecule has 42 heavy (non-hydrogen) atoms. The van der Waals surface area contributed by atoms with E-state index in [9.17, 15) is 9.59 Å². The van der Waals surface area contributed by atoms with Crippen molar-refractivity contribution < 1.29 is 28.3 Å². The smallest absolute Gasteiger partial charge is 0.369 e. The molecule has 2 N–H and O–H groups in total. The number of likely N-dealkylation sites (N-methyl/N-ethyl adjacent to an activating group) is 1. The number of aromatic nitrogens is 1. The zero-order valence-corrected chi connectivity index (χ0v) is 25.3. The van der Waals surface area contributed by atoms with E-state index in [4.69, 9.17) is 24.9 Å². The second-order valence-electron chi connectivity index (χ2n) is 11.3. The Labute approximate surface area is 248 Å². The van der Waals surface area contributed by atoms with E-state index in [0.29, 0.717) is 24.6 Å². The third-order valence-corrected chi connectivity index (χ3v) is 8.05. The van der Waals surface area contributed by atoms with Crippen LogP contribution in [-0.2, 0) is 25.5 Å². The SMILES string of the molecule is CCCCc1cc2ccccc2c(OCC[N+](C)(C)C(C(=O)OC)C2=CC[C@](OC)(C(N)=O)C=C2c2ccccc2)n1. The highest BCUT2D eigenvalue weighted by Gasteiger charge is 2.45. The first kappa shape index (κ1) is 30.9. The summed E-state index contributed by atoms with van der Waals surface area (Å²) in [5.74, 6) is -0.379. The lowest BCUT2D eigenvalue weighted by Crippen LogP contribution is -2.56. The Morgan fingerprint density at radius 2 is 1.79 bits per heavy atom. The lowest BCUT2D eigenvalue weighted by Gasteiger charge is -2.40. The Balaban J connectivity index is 1.65. The van der Waals surface area contributed by atoms with E-state index in [-0.39, 0.29) is 16.9 Å². The van der Waals surface area contributed by atoms with Crippen LogP contribution in [0.1, 0.15) is 37.4 Å². The van der Waals surface area contributed by atoms with Crippen LogP contribution in [0.5, 0.6) is 5.88 Å². The van der Waals surface area contributed by atoms with Crippen molar-refractivity contribution in [1.82, 2.24) is 4.98 Å². The van der Waals surface area contributed by atoms with E-state index in [1.165, 1.54) is 14.2 Å². The van der Waals surface area contributed by atoms with Crippen molar-refractivity contribution in [2.75, 3.05) is 41.5 Å². The van der Waals surface area contributed by atoms with E-state index < -0.39 is 17.6 Å². The number of esters is 1. The van der Waals surface area contributed by atoms with E-state index in [1.54, 1.807) is 6.08 Å². The monoisotopic (exact) mass is 572 g/mol. The molecule has 0 bridgehead atoms. The number of methoxy groups -OCH3 is 2. The number of nitrogens with two attached hydrogens (primary N) is 1. The van der Waals surface area contributed by atoms with Crippen LogP contribution < -0.4 is 10.5 Å². The maximum absolute atomic E-state index is 13.5. The number of fused-ring (bicyclic) bond motifs is 1. The summed E-state index contributed by atoms with van der Waals surface area (Å²) in [7, 11) is 6.81. The fourth-order valence-corrected chi connectivity index (χ4v) is 5.51. The van der Waals surface area contributed by atoms with Gasteiger partial charge in [-0.3, -0.25) is 4.79 Å². The topological polar surface area (TPSA) is 101 Å². The number of quaternary nitrogens is 1. The number of aryl methyl sites for hydroxylation is 1. The molecule has 222 valence electrons. The minimum atomic E-state index is -1.31. The quantitative estimate of drug-likeness (QED) is 0.232. The zero-order chi connectivity index (χ0) is 30.3. The van der Waals surface area contributed by atoms with Crippen molar-refractivity contribution in [3.63, 3.8) is 0 Å². The van der Waals surface area contributed by atoms with E-state index in [2.05, 4.69) is 19.1 Å². The van der Waals surface area contributed by atoms with Gasteiger partial charge in [-0.1, -0.05) is 68.0 Å². The fraction of sp³-hybridized carbons (Fsp3) is 0.382. The van der Waals surface area contributed by atoms with E-state index in [1.807, 2.05) is 68.7 Å². The Morgan fingerprint density at radius 1 is 1.07 bits per heavy atom. The minimum Gasteiger partial charge on any atom is -0.471 e. The molecule has 1 aromatic heterocycles. The van der Waals surface area contributed by atoms with Gasteiger partial charge in [-0.05, 0) is 47.6 Å². The summed E-state index contributed by atoms with van der Waals surface area (Å²) in [5.41, 5.74) is 7.78.